The molecular weight excluding hydrogens is 556 g/mol. The van der Waals surface area contributed by atoms with E-state index in [2.05, 4.69) is 10.0 Å². The normalized spacial score (nSPS) is 18.4. The molecule has 0 bridgehead atoms. The molecule has 1 atom stereocenters. The van der Waals surface area contributed by atoms with E-state index in [1.807, 2.05) is 54.6 Å². The minimum Gasteiger partial charge on any atom is -0.497 e. The van der Waals surface area contributed by atoms with E-state index in [1.165, 1.54) is 31.3 Å². The molecule has 1 heterocycles. The Morgan fingerprint density at radius 3 is 2.33 bits per heavy atom. The predicted molar refractivity (Wildman–Crippen MR) is 160 cm³/mol. The van der Waals surface area contributed by atoms with Gasteiger partial charge in [-0.25, -0.2) is 13.4 Å². The van der Waals surface area contributed by atoms with Crippen molar-refractivity contribution in [3.8, 4) is 11.5 Å². The van der Waals surface area contributed by atoms with Crippen LogP contribution in [0.4, 0.5) is 5.69 Å². The number of ether oxygens (including phenoxy) is 2. The van der Waals surface area contributed by atoms with Crippen molar-refractivity contribution < 1.29 is 27.5 Å². The molecule has 2 amide bonds. The summed E-state index contributed by atoms with van der Waals surface area (Å²) in [5.41, 5.74) is 1.24. The molecular formula is C31H34N4O6S. The number of nitrogens with one attached hydrogen (secondary N) is 2. The molecule has 1 aliphatic heterocycles. The van der Waals surface area contributed by atoms with Crippen molar-refractivity contribution in [1.29, 1.82) is 0 Å². The van der Waals surface area contributed by atoms with Gasteiger partial charge in [-0.1, -0.05) is 67.8 Å². The molecule has 2 N–H and O–H groups in total. The third kappa shape index (κ3) is 5.62. The summed E-state index contributed by atoms with van der Waals surface area (Å²) in [6.45, 7) is 0. The summed E-state index contributed by atoms with van der Waals surface area (Å²) in [5, 5.41) is 2.81. The maximum atomic E-state index is 14.1. The molecule has 0 spiro atoms. The molecule has 3 aromatic carbocycles. The van der Waals surface area contributed by atoms with E-state index >= 15 is 0 Å². The Kier molecular flexibility index (Phi) is 8.33. The predicted octanol–water partition coefficient (Wildman–Crippen LogP) is 3.64. The number of likely N-dealkylation sites (N-methyl/N-ethyl adjacent to an activating group) is 1. The third-order valence-corrected chi connectivity index (χ3v) is 9.35. The van der Waals surface area contributed by atoms with Gasteiger partial charge in [0.15, 0.2) is 0 Å². The second kappa shape index (κ2) is 11.9. The minimum atomic E-state index is -4.26. The number of benzene rings is 3. The van der Waals surface area contributed by atoms with Crippen LogP contribution in [0.5, 0.6) is 11.5 Å². The molecule has 10 nitrogen and oxygen atoms in total. The van der Waals surface area contributed by atoms with Crippen LogP contribution >= 0.6 is 0 Å². The number of rotatable bonds is 8. The average Bonchev–Trinajstić information content (AvgIpc) is 3.12. The van der Waals surface area contributed by atoms with Gasteiger partial charge in [0.05, 0.1) is 25.6 Å². The number of hydrogen-bond donors (Lipinski definition) is 2. The zero-order valence-corrected chi connectivity index (χ0v) is 24.6. The summed E-state index contributed by atoms with van der Waals surface area (Å²) in [4.78, 5) is 33.9. The van der Waals surface area contributed by atoms with E-state index in [9.17, 15) is 18.0 Å². The second-order valence-electron chi connectivity index (χ2n) is 10.4. The summed E-state index contributed by atoms with van der Waals surface area (Å²) in [5.74, 6) is -0.607. The first kappa shape index (κ1) is 29.3. The van der Waals surface area contributed by atoms with E-state index in [0.717, 1.165) is 17.5 Å². The first-order valence-electron chi connectivity index (χ1n) is 13.8. The molecule has 2 aliphatic rings. The highest BCUT2D eigenvalue weighted by atomic mass is 32.2. The third-order valence-electron chi connectivity index (χ3n) is 7.79. The van der Waals surface area contributed by atoms with Crippen molar-refractivity contribution in [3.63, 3.8) is 0 Å². The van der Waals surface area contributed by atoms with Crippen LogP contribution in [-0.4, -0.2) is 58.9 Å². The summed E-state index contributed by atoms with van der Waals surface area (Å²) in [7, 11) is 0.190. The van der Waals surface area contributed by atoms with E-state index < -0.39 is 33.5 Å². The molecule has 42 heavy (non-hydrogen) atoms. The number of nitrogens with zero attached hydrogens (tertiary/aromatic N) is 2. The summed E-state index contributed by atoms with van der Waals surface area (Å²) in [6.07, 6.45) is 1.37. The van der Waals surface area contributed by atoms with Crippen LogP contribution in [0.25, 0.3) is 0 Å². The first-order valence-corrected chi connectivity index (χ1v) is 15.2. The van der Waals surface area contributed by atoms with Gasteiger partial charge in [0.1, 0.15) is 21.9 Å². The topological polar surface area (TPSA) is 126 Å². The lowest BCUT2D eigenvalue weighted by Crippen LogP contribution is -2.62. The number of amides is 2. The van der Waals surface area contributed by atoms with Gasteiger partial charge in [-0.15, -0.1) is 0 Å². The molecule has 220 valence electrons. The van der Waals surface area contributed by atoms with Gasteiger partial charge in [-0.2, -0.15) is 4.72 Å². The standard InChI is InChI=1S/C31H34N4O6S/c1-35-24-15-9-8-14-23(24)27(21-12-6-4-7-13-21)32-28(29(35)36)33-30(37)31(18-10-5-11-19-31)34-42(38,39)26-20-22(40-2)16-17-25(26)41-3/h4,6-9,12-17,20,28,34H,5,10-11,18-19H2,1-3H3,(H,33,37). The van der Waals surface area contributed by atoms with Crippen LogP contribution in [0.15, 0.2) is 82.7 Å². The van der Waals surface area contributed by atoms with Gasteiger partial charge in [-0.05, 0) is 31.0 Å². The van der Waals surface area contributed by atoms with Crippen LogP contribution in [0.2, 0.25) is 0 Å². The smallest absolute Gasteiger partial charge is 0.272 e. The number of carbonyl (C=O) groups is 2. The molecule has 1 aliphatic carbocycles. The summed E-state index contributed by atoms with van der Waals surface area (Å²) >= 11 is 0. The number of benzodiazepines with no additional fused rings is 1. The average molecular weight is 591 g/mol. The molecule has 3 aromatic rings. The monoisotopic (exact) mass is 590 g/mol. The number of carbonyl (C=O) groups excluding carboxylic acids is 2. The van der Waals surface area contributed by atoms with Crippen molar-refractivity contribution in [2.75, 3.05) is 26.2 Å². The van der Waals surface area contributed by atoms with Crippen molar-refractivity contribution in [2.24, 2.45) is 4.99 Å². The van der Waals surface area contributed by atoms with Crippen molar-refractivity contribution >= 4 is 33.2 Å². The molecule has 0 radical (unpaired) electrons. The van der Waals surface area contributed by atoms with Crippen LogP contribution in [-0.2, 0) is 19.6 Å². The number of fused-ring (bicyclic) bond motifs is 1. The lowest BCUT2D eigenvalue weighted by molar-refractivity contribution is -0.132. The Bertz CT molecular complexity index is 1620. The summed E-state index contributed by atoms with van der Waals surface area (Å²) in [6, 6.07) is 21.3. The zero-order valence-electron chi connectivity index (χ0n) is 23.8. The van der Waals surface area contributed by atoms with Gasteiger partial charge in [0.2, 0.25) is 22.1 Å². The fourth-order valence-electron chi connectivity index (χ4n) is 5.54. The Hall–Kier alpha value is -4.22. The number of methoxy groups -OCH3 is 2. The van der Waals surface area contributed by atoms with Gasteiger partial charge in [-0.3, -0.25) is 9.59 Å². The number of para-hydroxylation sites is 1. The van der Waals surface area contributed by atoms with Crippen molar-refractivity contribution in [1.82, 2.24) is 10.0 Å². The number of anilines is 1. The molecule has 0 saturated heterocycles. The molecule has 0 aromatic heterocycles. The Morgan fingerprint density at radius 1 is 0.952 bits per heavy atom. The first-order chi connectivity index (χ1) is 20.2. The SMILES string of the molecule is COc1ccc(OC)c(S(=O)(=O)NC2(C(=O)NC3N=C(c4ccccc4)c4ccccc4N(C)C3=O)CCCCC2)c1. The molecule has 1 unspecified atom stereocenters. The van der Waals surface area contributed by atoms with Gasteiger partial charge >= 0.3 is 0 Å². The molecule has 11 heteroatoms. The molecule has 1 fully saturated rings. The van der Waals surface area contributed by atoms with Crippen LogP contribution in [0.3, 0.4) is 0 Å². The Balaban J connectivity index is 1.53. The van der Waals surface area contributed by atoms with Crippen molar-refractivity contribution in [3.05, 3.63) is 83.9 Å². The summed E-state index contributed by atoms with van der Waals surface area (Å²) < 4.78 is 40.8. The minimum absolute atomic E-state index is 0.116. The molecule has 1 saturated carbocycles. The fraction of sp³-hybridized carbons (Fsp3) is 0.323. The number of sulfonamides is 1. The lowest BCUT2D eigenvalue weighted by atomic mass is 9.82. The van der Waals surface area contributed by atoms with E-state index in [4.69, 9.17) is 14.5 Å². The van der Waals surface area contributed by atoms with Crippen molar-refractivity contribution in [2.45, 2.75) is 48.7 Å². The van der Waals surface area contributed by atoms with E-state index in [0.29, 0.717) is 30.0 Å². The highest BCUT2D eigenvalue weighted by Crippen LogP contribution is 2.34. The van der Waals surface area contributed by atoms with Crippen LogP contribution in [0.1, 0.15) is 43.2 Å². The fourth-order valence-corrected chi connectivity index (χ4v) is 7.15. The quantitative estimate of drug-likeness (QED) is 0.413. The highest BCUT2D eigenvalue weighted by Gasteiger charge is 2.45. The van der Waals surface area contributed by atoms with Gasteiger partial charge < -0.3 is 19.7 Å². The maximum Gasteiger partial charge on any atom is 0.272 e. The lowest BCUT2D eigenvalue weighted by Gasteiger charge is -2.37. The highest BCUT2D eigenvalue weighted by molar-refractivity contribution is 7.89. The Labute approximate surface area is 245 Å². The Morgan fingerprint density at radius 2 is 1.64 bits per heavy atom. The second-order valence-corrected chi connectivity index (χ2v) is 12.1. The zero-order chi connectivity index (χ0) is 29.9. The largest absolute Gasteiger partial charge is 0.497 e. The molecule has 5 rings (SSSR count). The maximum absolute atomic E-state index is 14.1. The number of hydrogen-bond acceptors (Lipinski definition) is 7. The van der Waals surface area contributed by atoms with E-state index in [1.54, 1.807) is 13.1 Å². The number of aliphatic imine (C=N–C) groups is 1. The van der Waals surface area contributed by atoms with Crippen LogP contribution in [0, 0.1) is 0 Å². The van der Waals surface area contributed by atoms with Gasteiger partial charge in [0, 0.05) is 24.2 Å². The van der Waals surface area contributed by atoms with Crippen LogP contribution < -0.4 is 24.4 Å². The van der Waals surface area contributed by atoms with Gasteiger partial charge in [0.25, 0.3) is 5.91 Å². The van der Waals surface area contributed by atoms with E-state index in [-0.39, 0.29) is 23.5 Å².